The third-order valence-corrected chi connectivity index (χ3v) is 3.05. The van der Waals surface area contributed by atoms with Crippen LogP contribution in [0.3, 0.4) is 0 Å². The molecule has 0 aliphatic heterocycles. The van der Waals surface area contributed by atoms with Crippen molar-refractivity contribution in [1.82, 2.24) is 0 Å². The van der Waals surface area contributed by atoms with E-state index in [9.17, 15) is 4.79 Å². The van der Waals surface area contributed by atoms with Crippen molar-refractivity contribution in [3.05, 3.63) is 59.7 Å². The second kappa shape index (κ2) is 6.76. The molecule has 0 saturated heterocycles. The lowest BCUT2D eigenvalue weighted by atomic mass is 10.1. The molecule has 0 saturated carbocycles. The first kappa shape index (κ1) is 14.9. The molecular weight excluding hydrogens is 270 g/mol. The first-order valence-corrected chi connectivity index (χ1v) is 6.45. The van der Waals surface area contributed by atoms with Gasteiger partial charge in [-0.1, -0.05) is 42.5 Å². The fraction of sp³-hybridized carbons (Fsp3) is 0.188. The third kappa shape index (κ3) is 3.52. The SMILES string of the molecule is COc1c(OCc2ccccc2)cccc1C(N)C(=O)O. The Hall–Kier alpha value is -2.53. The molecule has 0 heterocycles. The molecule has 0 aliphatic rings. The molecule has 1 unspecified atom stereocenters. The van der Waals surface area contributed by atoms with E-state index in [0.717, 1.165) is 5.56 Å². The summed E-state index contributed by atoms with van der Waals surface area (Å²) in [4.78, 5) is 11.0. The molecule has 3 N–H and O–H groups in total. The largest absolute Gasteiger partial charge is 0.492 e. The highest BCUT2D eigenvalue weighted by Crippen LogP contribution is 2.34. The van der Waals surface area contributed by atoms with E-state index < -0.39 is 12.0 Å². The van der Waals surface area contributed by atoms with Crippen molar-refractivity contribution in [2.45, 2.75) is 12.6 Å². The molecular formula is C16H17NO4. The number of aliphatic carboxylic acids is 1. The predicted octanol–water partition coefficient (Wildman–Crippen LogP) is 2.36. The average Bonchev–Trinajstić information content (AvgIpc) is 2.52. The molecule has 0 radical (unpaired) electrons. The zero-order chi connectivity index (χ0) is 15.2. The number of nitrogens with two attached hydrogens (primary N) is 1. The highest BCUT2D eigenvalue weighted by atomic mass is 16.5. The maximum Gasteiger partial charge on any atom is 0.325 e. The number of carboxylic acid groups (broad SMARTS) is 1. The van der Waals surface area contributed by atoms with E-state index in [1.807, 2.05) is 30.3 Å². The molecule has 2 rings (SSSR count). The van der Waals surface area contributed by atoms with Crippen LogP contribution in [-0.4, -0.2) is 18.2 Å². The number of carbonyl (C=O) groups is 1. The summed E-state index contributed by atoms with van der Waals surface area (Å²) >= 11 is 0. The Morgan fingerprint density at radius 2 is 1.90 bits per heavy atom. The monoisotopic (exact) mass is 287 g/mol. The number of para-hydroxylation sites is 1. The average molecular weight is 287 g/mol. The Labute approximate surface area is 122 Å². The van der Waals surface area contributed by atoms with E-state index in [1.165, 1.54) is 7.11 Å². The van der Waals surface area contributed by atoms with Crippen LogP contribution in [0.4, 0.5) is 0 Å². The Kier molecular flexibility index (Phi) is 4.79. The first-order valence-electron chi connectivity index (χ1n) is 6.45. The first-order chi connectivity index (χ1) is 10.1. The van der Waals surface area contributed by atoms with Gasteiger partial charge in [0.2, 0.25) is 0 Å². The van der Waals surface area contributed by atoms with Crippen molar-refractivity contribution < 1.29 is 19.4 Å². The zero-order valence-corrected chi connectivity index (χ0v) is 11.7. The van der Waals surface area contributed by atoms with Crippen molar-refractivity contribution in [2.24, 2.45) is 5.73 Å². The molecule has 0 amide bonds. The van der Waals surface area contributed by atoms with Gasteiger partial charge in [-0.15, -0.1) is 0 Å². The summed E-state index contributed by atoms with van der Waals surface area (Å²) in [5, 5.41) is 9.03. The van der Waals surface area contributed by atoms with Gasteiger partial charge in [0.1, 0.15) is 12.6 Å². The summed E-state index contributed by atoms with van der Waals surface area (Å²) < 4.78 is 11.0. The molecule has 0 spiro atoms. The minimum absolute atomic E-state index is 0.350. The van der Waals surface area contributed by atoms with E-state index in [1.54, 1.807) is 18.2 Å². The fourth-order valence-corrected chi connectivity index (χ4v) is 1.98. The summed E-state index contributed by atoms with van der Waals surface area (Å²) in [6, 6.07) is 13.5. The van der Waals surface area contributed by atoms with Gasteiger partial charge in [0.25, 0.3) is 0 Å². The van der Waals surface area contributed by atoms with Crippen molar-refractivity contribution in [2.75, 3.05) is 7.11 Å². The Balaban J connectivity index is 2.23. The van der Waals surface area contributed by atoms with Gasteiger partial charge in [-0.05, 0) is 11.6 Å². The van der Waals surface area contributed by atoms with Gasteiger partial charge in [-0.25, -0.2) is 0 Å². The zero-order valence-electron chi connectivity index (χ0n) is 11.7. The number of rotatable bonds is 6. The van der Waals surface area contributed by atoms with E-state index in [-0.39, 0.29) is 0 Å². The standard InChI is InChI=1S/C16H17NO4/c1-20-15-12(14(17)16(18)19)8-5-9-13(15)21-10-11-6-3-2-4-7-11/h2-9,14H,10,17H2,1H3,(H,18,19). The molecule has 0 aromatic heterocycles. The van der Waals surface area contributed by atoms with Crippen LogP contribution in [0.15, 0.2) is 48.5 Å². The van der Waals surface area contributed by atoms with Crippen LogP contribution < -0.4 is 15.2 Å². The van der Waals surface area contributed by atoms with Crippen LogP contribution in [0.2, 0.25) is 0 Å². The lowest BCUT2D eigenvalue weighted by Crippen LogP contribution is -2.21. The van der Waals surface area contributed by atoms with E-state index in [0.29, 0.717) is 23.7 Å². The molecule has 110 valence electrons. The number of benzene rings is 2. The molecule has 0 bridgehead atoms. The normalized spacial score (nSPS) is 11.7. The summed E-state index contributed by atoms with van der Waals surface area (Å²) in [5.41, 5.74) is 7.05. The van der Waals surface area contributed by atoms with E-state index >= 15 is 0 Å². The van der Waals surface area contributed by atoms with Crippen molar-refractivity contribution in [3.63, 3.8) is 0 Å². The molecule has 2 aromatic rings. The summed E-state index contributed by atoms with van der Waals surface area (Å²) in [7, 11) is 1.46. The van der Waals surface area contributed by atoms with Gasteiger partial charge in [-0.2, -0.15) is 0 Å². The molecule has 1 atom stereocenters. The van der Waals surface area contributed by atoms with Gasteiger partial charge in [0.05, 0.1) is 7.11 Å². The Bertz CT molecular complexity index is 613. The Morgan fingerprint density at radius 3 is 2.52 bits per heavy atom. The maximum atomic E-state index is 11.0. The highest BCUT2D eigenvalue weighted by Gasteiger charge is 2.21. The number of hydrogen-bond donors (Lipinski definition) is 2. The van der Waals surface area contributed by atoms with E-state index in [2.05, 4.69) is 0 Å². The molecule has 2 aromatic carbocycles. The van der Waals surface area contributed by atoms with Crippen LogP contribution in [0.5, 0.6) is 11.5 Å². The van der Waals surface area contributed by atoms with Gasteiger partial charge in [0, 0.05) is 5.56 Å². The van der Waals surface area contributed by atoms with Crippen molar-refractivity contribution in [1.29, 1.82) is 0 Å². The maximum absolute atomic E-state index is 11.0. The van der Waals surface area contributed by atoms with Crippen LogP contribution in [0.1, 0.15) is 17.2 Å². The minimum atomic E-state index is -1.15. The fourth-order valence-electron chi connectivity index (χ4n) is 1.98. The summed E-state index contributed by atoms with van der Waals surface area (Å²) in [6.07, 6.45) is 0. The topological polar surface area (TPSA) is 81.8 Å². The number of carboxylic acids is 1. The van der Waals surface area contributed by atoms with Crippen LogP contribution in [0.25, 0.3) is 0 Å². The molecule has 0 aliphatic carbocycles. The quantitative estimate of drug-likeness (QED) is 0.852. The minimum Gasteiger partial charge on any atom is -0.492 e. The molecule has 5 heteroatoms. The van der Waals surface area contributed by atoms with Crippen molar-refractivity contribution >= 4 is 5.97 Å². The van der Waals surface area contributed by atoms with Gasteiger partial charge < -0.3 is 20.3 Å². The Morgan fingerprint density at radius 1 is 1.19 bits per heavy atom. The van der Waals surface area contributed by atoms with E-state index in [4.69, 9.17) is 20.3 Å². The van der Waals surface area contributed by atoms with Gasteiger partial charge in [-0.3, -0.25) is 4.79 Å². The lowest BCUT2D eigenvalue weighted by Gasteiger charge is -2.16. The summed E-state index contributed by atoms with van der Waals surface area (Å²) in [5.74, 6) is -0.299. The van der Waals surface area contributed by atoms with Crippen LogP contribution in [0, 0.1) is 0 Å². The number of hydrogen-bond acceptors (Lipinski definition) is 4. The van der Waals surface area contributed by atoms with Crippen LogP contribution in [-0.2, 0) is 11.4 Å². The van der Waals surface area contributed by atoms with Crippen LogP contribution >= 0.6 is 0 Å². The van der Waals surface area contributed by atoms with Gasteiger partial charge >= 0.3 is 5.97 Å². The number of methoxy groups -OCH3 is 1. The third-order valence-electron chi connectivity index (χ3n) is 3.05. The lowest BCUT2D eigenvalue weighted by molar-refractivity contribution is -0.138. The summed E-state index contributed by atoms with van der Waals surface area (Å²) in [6.45, 7) is 0.364. The second-order valence-corrected chi connectivity index (χ2v) is 4.47. The molecule has 21 heavy (non-hydrogen) atoms. The van der Waals surface area contributed by atoms with Gasteiger partial charge in [0.15, 0.2) is 11.5 Å². The number of ether oxygens (including phenoxy) is 2. The molecule has 5 nitrogen and oxygen atoms in total. The second-order valence-electron chi connectivity index (χ2n) is 4.47. The highest BCUT2D eigenvalue weighted by molar-refractivity contribution is 5.77. The van der Waals surface area contributed by atoms with Crippen molar-refractivity contribution in [3.8, 4) is 11.5 Å². The molecule has 0 fully saturated rings. The smallest absolute Gasteiger partial charge is 0.325 e. The predicted molar refractivity (Wildman–Crippen MR) is 78.3 cm³/mol.